The lowest BCUT2D eigenvalue weighted by Gasteiger charge is -2.14. The maximum Gasteiger partial charge on any atom is 0.311 e. The zero-order chi connectivity index (χ0) is 21.2. The number of ether oxygens (including phenoxy) is 2. The van der Waals surface area contributed by atoms with Crippen LogP contribution in [0.25, 0.3) is 0 Å². The summed E-state index contributed by atoms with van der Waals surface area (Å²) in [7, 11) is 0. The summed E-state index contributed by atoms with van der Waals surface area (Å²) in [6.07, 6.45) is 0.397. The number of benzene rings is 2. The predicted molar refractivity (Wildman–Crippen MR) is 108 cm³/mol. The summed E-state index contributed by atoms with van der Waals surface area (Å²) in [6, 6.07) is 14.5. The van der Waals surface area contributed by atoms with Gasteiger partial charge in [-0.05, 0) is 41.7 Å². The molecule has 29 heavy (non-hydrogen) atoms. The van der Waals surface area contributed by atoms with Crippen molar-refractivity contribution in [3.63, 3.8) is 0 Å². The molecule has 1 saturated carbocycles. The number of carbonyl (C=O) groups excluding carboxylic acids is 1. The van der Waals surface area contributed by atoms with E-state index in [1.165, 1.54) is 18.2 Å². The molecule has 0 aliphatic heterocycles. The van der Waals surface area contributed by atoms with Crippen LogP contribution in [-0.4, -0.2) is 5.97 Å². The highest BCUT2D eigenvalue weighted by atomic mass is 35.5. The Labute approximate surface area is 178 Å². The third-order valence-electron chi connectivity index (χ3n) is 5.05. The van der Waals surface area contributed by atoms with Crippen molar-refractivity contribution >= 4 is 29.2 Å². The van der Waals surface area contributed by atoms with E-state index in [4.69, 9.17) is 32.7 Å². The van der Waals surface area contributed by atoms with E-state index in [-0.39, 0.29) is 21.6 Å². The first kappa shape index (κ1) is 21.2. The van der Waals surface area contributed by atoms with E-state index in [2.05, 4.69) is 0 Å². The molecule has 7 heteroatoms. The van der Waals surface area contributed by atoms with Gasteiger partial charge in [0.05, 0.1) is 5.92 Å². The molecule has 1 aliphatic carbocycles. The van der Waals surface area contributed by atoms with Crippen molar-refractivity contribution in [2.75, 3.05) is 0 Å². The first-order chi connectivity index (χ1) is 13.7. The Balaban J connectivity index is 1.77. The molecule has 0 N–H and O–H groups in total. The second kappa shape index (κ2) is 8.44. The molecular weight excluding hydrogens is 416 g/mol. The van der Waals surface area contributed by atoms with Crippen LogP contribution >= 0.6 is 23.2 Å². The van der Waals surface area contributed by atoms with E-state index in [1.54, 1.807) is 30.3 Å². The van der Waals surface area contributed by atoms with Crippen LogP contribution in [-0.2, 0) is 9.53 Å². The van der Waals surface area contributed by atoms with Gasteiger partial charge in [0.15, 0.2) is 11.6 Å². The van der Waals surface area contributed by atoms with Crippen molar-refractivity contribution in [3.8, 4) is 17.6 Å². The first-order valence-electron chi connectivity index (χ1n) is 8.89. The molecule has 2 aromatic rings. The highest BCUT2D eigenvalue weighted by molar-refractivity contribution is 6.55. The molecule has 2 aromatic carbocycles. The van der Waals surface area contributed by atoms with Gasteiger partial charge < -0.3 is 9.47 Å². The summed E-state index contributed by atoms with van der Waals surface area (Å²) in [5.74, 6) is -1.39. The van der Waals surface area contributed by atoms with Gasteiger partial charge in [-0.3, -0.25) is 4.79 Å². The molecule has 3 atom stereocenters. The van der Waals surface area contributed by atoms with Crippen molar-refractivity contribution in [2.24, 2.45) is 17.3 Å². The normalized spacial score (nSPS) is 20.1. The Morgan fingerprint density at radius 1 is 1.24 bits per heavy atom. The lowest BCUT2D eigenvalue weighted by molar-refractivity contribution is -0.149. The maximum atomic E-state index is 14.2. The summed E-state index contributed by atoms with van der Waals surface area (Å²) in [4.78, 5) is 12.6. The van der Waals surface area contributed by atoms with Crippen molar-refractivity contribution in [1.29, 1.82) is 5.26 Å². The van der Waals surface area contributed by atoms with Gasteiger partial charge >= 0.3 is 5.97 Å². The van der Waals surface area contributed by atoms with Crippen LogP contribution in [0, 0.1) is 34.4 Å². The number of hydrogen-bond donors (Lipinski definition) is 0. The Hall–Kier alpha value is -2.55. The van der Waals surface area contributed by atoms with Crippen LogP contribution in [0.2, 0.25) is 0 Å². The Morgan fingerprint density at radius 2 is 1.93 bits per heavy atom. The topological polar surface area (TPSA) is 59.3 Å². The second-order valence-electron chi connectivity index (χ2n) is 7.33. The van der Waals surface area contributed by atoms with Gasteiger partial charge in [-0.25, -0.2) is 4.39 Å². The van der Waals surface area contributed by atoms with Crippen molar-refractivity contribution in [1.82, 2.24) is 0 Å². The predicted octanol–water partition coefficient (Wildman–Crippen LogP) is 6.32. The summed E-state index contributed by atoms with van der Waals surface area (Å²) < 4.78 is 25.2. The fraction of sp³-hybridized carbons (Fsp3) is 0.273. The number of nitrogens with zero attached hydrogens (tertiary/aromatic N) is 1. The van der Waals surface area contributed by atoms with Gasteiger partial charge in [-0.15, -0.1) is 0 Å². The number of carbonyl (C=O) groups is 1. The summed E-state index contributed by atoms with van der Waals surface area (Å²) in [5, 5.41) is 9.51. The Morgan fingerprint density at radius 3 is 2.55 bits per heavy atom. The van der Waals surface area contributed by atoms with Gasteiger partial charge in [0.2, 0.25) is 6.10 Å². The summed E-state index contributed by atoms with van der Waals surface area (Å²) >= 11 is 11.4. The molecule has 0 bridgehead atoms. The quantitative estimate of drug-likeness (QED) is 0.500. The van der Waals surface area contributed by atoms with Crippen molar-refractivity contribution in [2.45, 2.75) is 20.0 Å². The molecule has 0 amide bonds. The molecule has 2 unspecified atom stereocenters. The summed E-state index contributed by atoms with van der Waals surface area (Å²) in [5.41, 5.74) is -0.0645. The van der Waals surface area contributed by atoms with Crippen LogP contribution in [0.4, 0.5) is 4.39 Å². The zero-order valence-corrected chi connectivity index (χ0v) is 17.2. The van der Waals surface area contributed by atoms with Crippen molar-refractivity contribution in [3.05, 3.63) is 70.5 Å². The molecule has 4 nitrogen and oxygen atoms in total. The van der Waals surface area contributed by atoms with E-state index in [9.17, 15) is 14.4 Å². The number of rotatable bonds is 6. The van der Waals surface area contributed by atoms with Crippen LogP contribution < -0.4 is 4.74 Å². The van der Waals surface area contributed by atoms with Crippen LogP contribution in [0.5, 0.6) is 11.5 Å². The fourth-order valence-corrected chi connectivity index (χ4v) is 3.58. The minimum Gasteiger partial charge on any atom is -0.454 e. The molecule has 0 saturated heterocycles. The molecule has 0 heterocycles. The third-order valence-corrected chi connectivity index (χ3v) is 5.30. The van der Waals surface area contributed by atoms with Gasteiger partial charge in [0.25, 0.3) is 0 Å². The molecule has 3 rings (SSSR count). The average Bonchev–Trinajstić information content (AvgIpc) is 3.21. The van der Waals surface area contributed by atoms with E-state index in [0.717, 1.165) is 0 Å². The lowest BCUT2D eigenvalue weighted by Crippen LogP contribution is -2.14. The first-order valence-corrected chi connectivity index (χ1v) is 9.65. The Kier molecular flexibility index (Phi) is 6.16. The number of nitriles is 1. The molecular formula is C22H18Cl2FNO3. The average molecular weight is 434 g/mol. The van der Waals surface area contributed by atoms with Gasteiger partial charge in [-0.1, -0.05) is 61.3 Å². The largest absolute Gasteiger partial charge is 0.454 e. The van der Waals surface area contributed by atoms with Crippen molar-refractivity contribution < 1.29 is 18.7 Å². The molecule has 0 spiro atoms. The SMILES string of the molecule is CC1(C)C(C(=O)OC(C#N)c2ccc(F)c(Oc3ccccc3)c2)[C@@H]1C=C(Cl)Cl. The highest BCUT2D eigenvalue weighted by Gasteiger charge is 2.62. The van der Waals surface area contributed by atoms with Crippen LogP contribution in [0.1, 0.15) is 25.5 Å². The molecule has 0 aromatic heterocycles. The van der Waals surface area contributed by atoms with E-state index >= 15 is 0 Å². The monoisotopic (exact) mass is 433 g/mol. The minimum atomic E-state index is -1.20. The molecule has 1 fully saturated rings. The molecule has 150 valence electrons. The number of allylic oxidation sites excluding steroid dienone is 1. The van der Waals surface area contributed by atoms with E-state index in [1.807, 2.05) is 26.0 Å². The summed E-state index contributed by atoms with van der Waals surface area (Å²) in [6.45, 7) is 3.78. The lowest BCUT2D eigenvalue weighted by atomic mass is 10.1. The zero-order valence-electron chi connectivity index (χ0n) is 15.7. The smallest absolute Gasteiger partial charge is 0.311 e. The van der Waals surface area contributed by atoms with Gasteiger partial charge in [-0.2, -0.15) is 5.26 Å². The van der Waals surface area contributed by atoms with Gasteiger partial charge in [0.1, 0.15) is 16.3 Å². The van der Waals surface area contributed by atoms with Crippen LogP contribution in [0.3, 0.4) is 0 Å². The fourth-order valence-electron chi connectivity index (χ4n) is 3.31. The Bertz CT molecular complexity index is 981. The van der Waals surface area contributed by atoms with Crippen LogP contribution in [0.15, 0.2) is 59.1 Å². The maximum absolute atomic E-state index is 14.2. The number of halogens is 3. The number of para-hydroxylation sites is 1. The standard InChI is InChI=1S/C22H18Cl2FNO3/c1-22(2)15(11-19(23)24)20(22)21(27)29-18(12-26)13-8-9-16(25)17(10-13)28-14-6-4-3-5-7-14/h3-11,15,18,20H,1-2H3/t15-,18?,20?/m0/s1. The highest BCUT2D eigenvalue weighted by Crippen LogP contribution is 2.60. The van der Waals surface area contributed by atoms with E-state index < -0.39 is 23.8 Å². The number of hydrogen-bond acceptors (Lipinski definition) is 4. The third kappa shape index (κ3) is 4.72. The van der Waals surface area contributed by atoms with Gasteiger partial charge in [0, 0.05) is 5.56 Å². The second-order valence-corrected chi connectivity index (χ2v) is 8.34. The van der Waals surface area contributed by atoms with E-state index in [0.29, 0.717) is 11.3 Å². The molecule has 1 aliphatic rings. The molecule has 0 radical (unpaired) electrons. The minimum absolute atomic E-state index is 0.0634. The number of esters is 1.